The number of ether oxygens (including phenoxy) is 1. The maximum Gasteiger partial charge on any atom is 0.123 e. The Labute approximate surface area is 119 Å². The molecule has 0 aliphatic rings. The molecule has 0 spiro atoms. The van der Waals surface area contributed by atoms with Crippen molar-refractivity contribution < 1.29 is 9.13 Å². The van der Waals surface area contributed by atoms with Crippen molar-refractivity contribution in [2.45, 2.75) is 19.3 Å². The quantitative estimate of drug-likeness (QED) is 0.871. The van der Waals surface area contributed by atoms with Crippen molar-refractivity contribution in [3.8, 4) is 5.75 Å². The Morgan fingerprint density at radius 1 is 1.10 bits per heavy atom. The van der Waals surface area contributed by atoms with E-state index in [1.165, 1.54) is 6.07 Å². The predicted octanol–water partition coefficient (Wildman–Crippen LogP) is 3.71. The third-order valence-corrected chi connectivity index (χ3v) is 3.28. The van der Waals surface area contributed by atoms with Gasteiger partial charge < -0.3 is 10.5 Å². The van der Waals surface area contributed by atoms with Gasteiger partial charge in [-0.15, -0.1) is 0 Å². The molecule has 0 aliphatic heterocycles. The third-order valence-electron chi connectivity index (χ3n) is 3.28. The molecule has 3 heteroatoms. The number of halogens is 1. The fraction of sp³-hybridized carbons (Fsp3) is 0.294. The molecule has 0 aliphatic carbocycles. The smallest absolute Gasteiger partial charge is 0.123 e. The van der Waals surface area contributed by atoms with Gasteiger partial charge in [-0.3, -0.25) is 0 Å². The van der Waals surface area contributed by atoms with Crippen molar-refractivity contribution in [2.75, 3.05) is 13.2 Å². The van der Waals surface area contributed by atoms with E-state index < -0.39 is 0 Å². The van der Waals surface area contributed by atoms with Crippen LogP contribution in [0.1, 0.15) is 30.4 Å². The number of nitrogens with two attached hydrogens (primary N) is 1. The molecule has 0 aromatic heterocycles. The van der Waals surface area contributed by atoms with Crippen LogP contribution in [-0.2, 0) is 0 Å². The Morgan fingerprint density at radius 2 is 1.80 bits per heavy atom. The fourth-order valence-electron chi connectivity index (χ4n) is 2.40. The number of hydrogen-bond donors (Lipinski definition) is 1. The van der Waals surface area contributed by atoms with E-state index in [2.05, 4.69) is 0 Å². The summed E-state index contributed by atoms with van der Waals surface area (Å²) in [6, 6.07) is 14.6. The van der Waals surface area contributed by atoms with Gasteiger partial charge in [-0.2, -0.15) is 0 Å². The molecule has 2 aromatic carbocycles. The summed E-state index contributed by atoms with van der Waals surface area (Å²) >= 11 is 0. The lowest BCUT2D eigenvalue weighted by atomic mass is 9.88. The van der Waals surface area contributed by atoms with E-state index in [1.54, 1.807) is 12.1 Å². The molecule has 0 amide bonds. The van der Waals surface area contributed by atoms with Crippen molar-refractivity contribution in [1.29, 1.82) is 0 Å². The Hall–Kier alpha value is -1.87. The highest BCUT2D eigenvalue weighted by Crippen LogP contribution is 2.30. The molecule has 106 valence electrons. The first-order valence-corrected chi connectivity index (χ1v) is 6.93. The Morgan fingerprint density at radius 3 is 2.45 bits per heavy atom. The fourth-order valence-corrected chi connectivity index (χ4v) is 2.40. The van der Waals surface area contributed by atoms with E-state index in [0.29, 0.717) is 13.2 Å². The summed E-state index contributed by atoms with van der Waals surface area (Å²) in [7, 11) is 0. The van der Waals surface area contributed by atoms with Crippen LogP contribution in [0.15, 0.2) is 48.5 Å². The van der Waals surface area contributed by atoms with Crippen LogP contribution in [0.25, 0.3) is 0 Å². The molecule has 0 fully saturated rings. The zero-order valence-electron chi connectivity index (χ0n) is 11.7. The largest absolute Gasteiger partial charge is 0.494 e. The first-order chi connectivity index (χ1) is 9.74. The molecule has 2 rings (SSSR count). The highest BCUT2D eigenvalue weighted by Gasteiger charge is 2.14. The molecule has 0 radical (unpaired) electrons. The van der Waals surface area contributed by atoms with E-state index in [9.17, 15) is 4.39 Å². The van der Waals surface area contributed by atoms with Crippen molar-refractivity contribution in [3.05, 3.63) is 65.5 Å². The van der Waals surface area contributed by atoms with Gasteiger partial charge in [-0.05, 0) is 55.3 Å². The Bertz CT molecular complexity index is 556. The molecule has 2 N–H and O–H groups in total. The zero-order valence-corrected chi connectivity index (χ0v) is 11.7. The number of hydrogen-bond acceptors (Lipinski definition) is 2. The minimum Gasteiger partial charge on any atom is -0.494 e. The molecule has 2 nitrogen and oxygen atoms in total. The van der Waals surface area contributed by atoms with Crippen LogP contribution >= 0.6 is 0 Å². The third kappa shape index (κ3) is 3.58. The summed E-state index contributed by atoms with van der Waals surface area (Å²) in [6.45, 7) is 3.14. The maximum absolute atomic E-state index is 13.4. The minimum absolute atomic E-state index is 0.0936. The summed E-state index contributed by atoms with van der Waals surface area (Å²) < 4.78 is 19.0. The SMILES string of the molecule is CCOc1cccc(C(CCN)c2cccc(F)c2)c1. The molecule has 1 unspecified atom stereocenters. The highest BCUT2D eigenvalue weighted by molar-refractivity contribution is 5.37. The van der Waals surface area contributed by atoms with Crippen molar-refractivity contribution in [2.24, 2.45) is 5.73 Å². The summed E-state index contributed by atoms with van der Waals surface area (Å²) in [5.41, 5.74) is 7.77. The monoisotopic (exact) mass is 273 g/mol. The number of rotatable bonds is 6. The van der Waals surface area contributed by atoms with Gasteiger partial charge in [0.2, 0.25) is 0 Å². The van der Waals surface area contributed by atoms with Crippen LogP contribution < -0.4 is 10.5 Å². The Kier molecular flexibility index (Phi) is 5.13. The van der Waals surface area contributed by atoms with Crippen LogP contribution in [0.2, 0.25) is 0 Å². The van der Waals surface area contributed by atoms with Crippen LogP contribution in [0.4, 0.5) is 4.39 Å². The normalized spacial score (nSPS) is 12.2. The van der Waals surface area contributed by atoms with Crippen LogP contribution in [0.3, 0.4) is 0 Å². The lowest BCUT2D eigenvalue weighted by Crippen LogP contribution is -2.09. The molecule has 0 saturated carbocycles. The highest BCUT2D eigenvalue weighted by atomic mass is 19.1. The van der Waals surface area contributed by atoms with E-state index >= 15 is 0 Å². The van der Waals surface area contributed by atoms with Gasteiger partial charge in [-0.1, -0.05) is 24.3 Å². The average molecular weight is 273 g/mol. The van der Waals surface area contributed by atoms with Gasteiger partial charge >= 0.3 is 0 Å². The zero-order chi connectivity index (χ0) is 14.4. The van der Waals surface area contributed by atoms with E-state index in [0.717, 1.165) is 23.3 Å². The topological polar surface area (TPSA) is 35.2 Å². The Balaban J connectivity index is 2.35. The van der Waals surface area contributed by atoms with E-state index in [-0.39, 0.29) is 11.7 Å². The first-order valence-electron chi connectivity index (χ1n) is 6.93. The lowest BCUT2D eigenvalue weighted by Gasteiger charge is -2.18. The second-order valence-electron chi connectivity index (χ2n) is 4.69. The summed E-state index contributed by atoms with van der Waals surface area (Å²) in [5, 5.41) is 0. The second kappa shape index (κ2) is 7.06. The predicted molar refractivity (Wildman–Crippen MR) is 79.5 cm³/mol. The van der Waals surface area contributed by atoms with Crippen molar-refractivity contribution in [1.82, 2.24) is 0 Å². The van der Waals surface area contributed by atoms with Gasteiger partial charge in [0.1, 0.15) is 11.6 Å². The molecule has 1 atom stereocenters. The number of benzene rings is 2. The van der Waals surface area contributed by atoms with Gasteiger partial charge in [0, 0.05) is 5.92 Å². The molecule has 0 bridgehead atoms. The van der Waals surface area contributed by atoms with Crippen LogP contribution in [0, 0.1) is 5.82 Å². The lowest BCUT2D eigenvalue weighted by molar-refractivity contribution is 0.339. The van der Waals surface area contributed by atoms with Crippen LogP contribution in [0.5, 0.6) is 5.75 Å². The van der Waals surface area contributed by atoms with Crippen molar-refractivity contribution in [3.63, 3.8) is 0 Å². The van der Waals surface area contributed by atoms with E-state index in [4.69, 9.17) is 10.5 Å². The maximum atomic E-state index is 13.4. The molecule has 0 saturated heterocycles. The van der Waals surface area contributed by atoms with E-state index in [1.807, 2.05) is 37.3 Å². The second-order valence-corrected chi connectivity index (χ2v) is 4.69. The van der Waals surface area contributed by atoms with Gasteiger partial charge in [0.15, 0.2) is 0 Å². The average Bonchev–Trinajstić information content (AvgIpc) is 2.45. The van der Waals surface area contributed by atoms with Gasteiger partial charge in [-0.25, -0.2) is 4.39 Å². The van der Waals surface area contributed by atoms with Gasteiger partial charge in [0.25, 0.3) is 0 Å². The molecule has 2 aromatic rings. The molecule has 0 heterocycles. The van der Waals surface area contributed by atoms with Crippen molar-refractivity contribution >= 4 is 0 Å². The molecule has 20 heavy (non-hydrogen) atoms. The minimum atomic E-state index is -0.217. The molecular weight excluding hydrogens is 253 g/mol. The molecular formula is C17H20FNO. The summed E-state index contributed by atoms with van der Waals surface area (Å²) in [4.78, 5) is 0. The van der Waals surface area contributed by atoms with Crippen LogP contribution in [-0.4, -0.2) is 13.2 Å². The summed E-state index contributed by atoms with van der Waals surface area (Å²) in [5.74, 6) is 0.713. The summed E-state index contributed by atoms with van der Waals surface area (Å²) in [6.07, 6.45) is 0.777. The first kappa shape index (κ1) is 14.5. The van der Waals surface area contributed by atoms with Gasteiger partial charge in [0.05, 0.1) is 6.61 Å². The standard InChI is InChI=1S/C17H20FNO/c1-2-20-16-8-4-6-14(12-16)17(9-10-19)13-5-3-7-15(18)11-13/h3-8,11-12,17H,2,9-10,19H2,1H3.